The summed E-state index contributed by atoms with van der Waals surface area (Å²) in [5, 5.41) is 10.2. The zero-order valence-electron chi connectivity index (χ0n) is 18.3. The van der Waals surface area contributed by atoms with Gasteiger partial charge in [-0.25, -0.2) is 4.39 Å². The standard InChI is InChI=1S/C23H28FNO5S/c1-13(2)22(15(4)29-17-8-6-16(24)7-9-17)30-23(27)14(3)12-19(31)20-21(26)18(28-5)10-11-25-20/h6-11,13-15,22,26H,12H2,1-5H3/t14-,15+,22-/m1/s1. The van der Waals surface area contributed by atoms with Gasteiger partial charge in [0.15, 0.2) is 11.5 Å². The number of carbonyl (C=O) groups is 1. The minimum absolute atomic E-state index is 0.0114. The van der Waals surface area contributed by atoms with Crippen molar-refractivity contribution in [2.24, 2.45) is 11.8 Å². The zero-order chi connectivity index (χ0) is 23.1. The van der Waals surface area contributed by atoms with E-state index < -0.39 is 24.1 Å². The van der Waals surface area contributed by atoms with Crippen LogP contribution in [0.15, 0.2) is 36.5 Å². The van der Waals surface area contributed by atoms with Crippen LogP contribution in [0.3, 0.4) is 0 Å². The lowest BCUT2D eigenvalue weighted by atomic mass is 10.0. The lowest BCUT2D eigenvalue weighted by Gasteiger charge is -2.29. The third kappa shape index (κ3) is 6.62. The van der Waals surface area contributed by atoms with Gasteiger partial charge in [0, 0.05) is 17.1 Å². The second-order valence-corrected chi connectivity index (χ2v) is 8.15. The van der Waals surface area contributed by atoms with E-state index in [0.717, 1.165) is 0 Å². The molecule has 1 aromatic carbocycles. The molecule has 0 amide bonds. The maximum Gasteiger partial charge on any atom is 0.309 e. The molecule has 1 N–H and O–H groups in total. The van der Waals surface area contributed by atoms with E-state index >= 15 is 0 Å². The van der Waals surface area contributed by atoms with Crippen LogP contribution in [0.5, 0.6) is 17.2 Å². The number of aromatic nitrogens is 1. The number of nitrogens with zero attached hydrogens (tertiary/aromatic N) is 1. The van der Waals surface area contributed by atoms with E-state index in [9.17, 15) is 14.3 Å². The molecule has 0 aliphatic carbocycles. The van der Waals surface area contributed by atoms with E-state index in [2.05, 4.69) is 4.98 Å². The molecule has 31 heavy (non-hydrogen) atoms. The number of rotatable bonds is 10. The minimum Gasteiger partial charge on any atom is -0.503 e. The summed E-state index contributed by atoms with van der Waals surface area (Å²) in [6.07, 6.45) is 0.696. The van der Waals surface area contributed by atoms with Crippen LogP contribution in [0.25, 0.3) is 0 Å². The van der Waals surface area contributed by atoms with Crippen molar-refractivity contribution in [3.8, 4) is 17.2 Å². The first kappa shape index (κ1) is 24.5. The van der Waals surface area contributed by atoms with Gasteiger partial charge in [-0.15, -0.1) is 0 Å². The first-order chi connectivity index (χ1) is 14.6. The summed E-state index contributed by atoms with van der Waals surface area (Å²) in [6.45, 7) is 7.36. The molecular weight excluding hydrogens is 421 g/mol. The first-order valence-corrected chi connectivity index (χ1v) is 10.4. The van der Waals surface area contributed by atoms with Crippen LogP contribution in [0.4, 0.5) is 4.39 Å². The third-order valence-electron chi connectivity index (χ3n) is 4.77. The molecule has 0 aliphatic heterocycles. The predicted molar refractivity (Wildman–Crippen MR) is 119 cm³/mol. The Morgan fingerprint density at radius 2 is 1.81 bits per heavy atom. The fourth-order valence-electron chi connectivity index (χ4n) is 3.08. The smallest absolute Gasteiger partial charge is 0.309 e. The fourth-order valence-corrected chi connectivity index (χ4v) is 3.48. The Balaban J connectivity index is 2.02. The van der Waals surface area contributed by atoms with Crippen LogP contribution in [0.2, 0.25) is 0 Å². The van der Waals surface area contributed by atoms with Crippen molar-refractivity contribution in [1.29, 1.82) is 0 Å². The van der Waals surface area contributed by atoms with Crippen molar-refractivity contribution in [2.75, 3.05) is 7.11 Å². The highest BCUT2D eigenvalue weighted by atomic mass is 32.1. The van der Waals surface area contributed by atoms with Gasteiger partial charge in [0.2, 0.25) is 0 Å². The molecule has 0 saturated carbocycles. The van der Waals surface area contributed by atoms with Crippen LogP contribution in [-0.4, -0.2) is 40.2 Å². The minimum atomic E-state index is -0.556. The normalized spacial score (nSPS) is 13.9. The number of thiocarbonyl (C=S) groups is 1. The lowest BCUT2D eigenvalue weighted by molar-refractivity contribution is -0.160. The van der Waals surface area contributed by atoms with Crippen LogP contribution >= 0.6 is 12.2 Å². The third-order valence-corrected chi connectivity index (χ3v) is 5.13. The fraction of sp³-hybridized carbons (Fsp3) is 0.435. The lowest BCUT2D eigenvalue weighted by Crippen LogP contribution is -2.39. The van der Waals surface area contributed by atoms with Gasteiger partial charge in [0.05, 0.1) is 13.0 Å². The second kappa shape index (κ2) is 11.0. The van der Waals surface area contributed by atoms with Gasteiger partial charge in [0.1, 0.15) is 29.5 Å². The molecule has 8 heteroatoms. The van der Waals surface area contributed by atoms with E-state index in [0.29, 0.717) is 10.6 Å². The van der Waals surface area contributed by atoms with Gasteiger partial charge in [-0.3, -0.25) is 9.78 Å². The van der Waals surface area contributed by atoms with Crippen molar-refractivity contribution in [3.63, 3.8) is 0 Å². The molecule has 1 aromatic heterocycles. The molecule has 1 heterocycles. The van der Waals surface area contributed by atoms with E-state index in [4.69, 9.17) is 26.4 Å². The van der Waals surface area contributed by atoms with Gasteiger partial charge in [-0.2, -0.15) is 0 Å². The molecule has 0 unspecified atom stereocenters. The highest BCUT2D eigenvalue weighted by molar-refractivity contribution is 7.80. The van der Waals surface area contributed by atoms with E-state index in [1.165, 1.54) is 43.6 Å². The van der Waals surface area contributed by atoms with E-state index in [-0.39, 0.29) is 35.3 Å². The molecule has 0 saturated heterocycles. The average molecular weight is 450 g/mol. The summed E-state index contributed by atoms with van der Waals surface area (Å²) in [5.41, 5.74) is 0.211. The maximum atomic E-state index is 13.1. The number of hydrogen-bond acceptors (Lipinski definition) is 7. The van der Waals surface area contributed by atoms with Crippen molar-refractivity contribution in [2.45, 2.75) is 46.3 Å². The van der Waals surface area contributed by atoms with Gasteiger partial charge in [-0.05, 0) is 43.5 Å². The Morgan fingerprint density at radius 3 is 2.39 bits per heavy atom. The summed E-state index contributed by atoms with van der Waals surface area (Å²) in [7, 11) is 1.43. The Kier molecular flexibility index (Phi) is 8.74. The Hall–Kier alpha value is -2.74. The number of hydrogen-bond donors (Lipinski definition) is 1. The Labute approximate surface area is 187 Å². The number of benzene rings is 1. The summed E-state index contributed by atoms with van der Waals surface area (Å²) in [5.74, 6) is -0.761. The molecule has 168 valence electrons. The Bertz CT molecular complexity index is 903. The Morgan fingerprint density at radius 1 is 1.16 bits per heavy atom. The molecule has 3 atom stereocenters. The molecule has 0 bridgehead atoms. The largest absolute Gasteiger partial charge is 0.503 e. The average Bonchev–Trinajstić information content (AvgIpc) is 2.73. The van der Waals surface area contributed by atoms with E-state index in [1.54, 1.807) is 13.8 Å². The van der Waals surface area contributed by atoms with Crippen LogP contribution < -0.4 is 9.47 Å². The number of aromatic hydroxyl groups is 1. The molecule has 2 aromatic rings. The number of ether oxygens (including phenoxy) is 3. The SMILES string of the molecule is COc1ccnc(C(=S)C[C@@H](C)C(=O)O[C@H](C(C)C)[C@H](C)Oc2ccc(F)cc2)c1O. The van der Waals surface area contributed by atoms with Gasteiger partial charge in [-0.1, -0.05) is 33.0 Å². The summed E-state index contributed by atoms with van der Waals surface area (Å²) in [6, 6.07) is 7.20. The summed E-state index contributed by atoms with van der Waals surface area (Å²) in [4.78, 5) is 17.2. The van der Waals surface area contributed by atoms with E-state index in [1.807, 2.05) is 13.8 Å². The van der Waals surface area contributed by atoms with Gasteiger partial charge < -0.3 is 19.3 Å². The highest BCUT2D eigenvalue weighted by Crippen LogP contribution is 2.30. The summed E-state index contributed by atoms with van der Waals surface area (Å²) < 4.78 is 29.8. The van der Waals surface area contributed by atoms with Crippen molar-refractivity contribution in [1.82, 2.24) is 4.98 Å². The second-order valence-electron chi connectivity index (χ2n) is 7.66. The molecule has 0 radical (unpaired) electrons. The quantitative estimate of drug-likeness (QED) is 0.320. The van der Waals surface area contributed by atoms with Crippen molar-refractivity contribution >= 4 is 23.1 Å². The maximum absolute atomic E-state index is 13.1. The molecule has 0 fully saturated rings. The van der Waals surface area contributed by atoms with Crippen LogP contribution in [0.1, 0.15) is 39.8 Å². The summed E-state index contributed by atoms with van der Waals surface area (Å²) >= 11 is 5.38. The number of carbonyl (C=O) groups excluding carboxylic acids is 1. The highest BCUT2D eigenvalue weighted by Gasteiger charge is 2.29. The molecule has 0 spiro atoms. The number of pyridine rings is 1. The topological polar surface area (TPSA) is 77.9 Å². The first-order valence-electron chi connectivity index (χ1n) is 10.0. The molecular formula is C23H28FNO5S. The number of methoxy groups -OCH3 is 1. The molecule has 2 rings (SSSR count). The van der Waals surface area contributed by atoms with Crippen molar-refractivity contribution < 1.29 is 28.5 Å². The van der Waals surface area contributed by atoms with Crippen LogP contribution in [0, 0.1) is 17.7 Å². The van der Waals surface area contributed by atoms with Crippen molar-refractivity contribution in [3.05, 3.63) is 48.0 Å². The molecule has 6 nitrogen and oxygen atoms in total. The zero-order valence-corrected chi connectivity index (χ0v) is 19.1. The predicted octanol–water partition coefficient (Wildman–Crippen LogP) is 4.71. The van der Waals surface area contributed by atoms with Crippen LogP contribution in [-0.2, 0) is 9.53 Å². The molecule has 0 aliphatic rings. The monoisotopic (exact) mass is 449 g/mol. The number of esters is 1. The van der Waals surface area contributed by atoms with Gasteiger partial charge in [0.25, 0.3) is 0 Å². The van der Waals surface area contributed by atoms with Gasteiger partial charge >= 0.3 is 5.97 Å². The number of halogens is 1.